The van der Waals surface area contributed by atoms with Crippen LogP contribution in [-0.2, 0) is 14.3 Å². The fourth-order valence-electron chi connectivity index (χ4n) is 3.49. The van der Waals surface area contributed by atoms with Crippen molar-refractivity contribution < 1.29 is 23.8 Å². The Bertz CT molecular complexity index is 1320. The molecule has 0 atom stereocenters. The minimum atomic E-state index is -0.504. The van der Waals surface area contributed by atoms with Crippen LogP contribution < -0.4 is 14.4 Å². The molecule has 1 saturated heterocycles. The quantitative estimate of drug-likeness (QED) is 0.202. The van der Waals surface area contributed by atoms with Crippen LogP contribution in [0, 0.1) is 0 Å². The fraction of sp³-hybridized carbons (Fsp3) is 0.160. The Morgan fingerprint density at radius 3 is 2.68 bits per heavy atom. The van der Waals surface area contributed by atoms with E-state index in [9.17, 15) is 9.59 Å². The van der Waals surface area contributed by atoms with Crippen molar-refractivity contribution in [3.8, 4) is 11.5 Å². The first-order valence-electron chi connectivity index (χ1n) is 10.3. The Hall–Kier alpha value is -2.88. The standard InChI is InChI=1S/C25H20BrNO5S2/c1-3-31-20-12-15(11-18(26)23(20)32-14-22(28)30-2)13-21-24(29)27(25(33)34-21)19-10-6-8-16-7-4-5-9-17(16)19/h4-13H,3,14H2,1-2H3/b21-13+. The van der Waals surface area contributed by atoms with Crippen molar-refractivity contribution in [2.45, 2.75) is 6.92 Å². The van der Waals surface area contributed by atoms with Crippen LogP contribution in [0.25, 0.3) is 16.8 Å². The second kappa shape index (κ2) is 10.6. The van der Waals surface area contributed by atoms with Crippen LogP contribution in [0.4, 0.5) is 5.69 Å². The number of hydrogen-bond acceptors (Lipinski definition) is 7. The van der Waals surface area contributed by atoms with Crippen molar-refractivity contribution in [1.29, 1.82) is 0 Å². The van der Waals surface area contributed by atoms with Crippen LogP contribution in [0.3, 0.4) is 0 Å². The first-order valence-corrected chi connectivity index (χ1v) is 12.4. The summed E-state index contributed by atoms with van der Waals surface area (Å²) in [5.74, 6) is 0.131. The zero-order chi connectivity index (χ0) is 24.2. The molecule has 0 radical (unpaired) electrons. The Morgan fingerprint density at radius 2 is 1.91 bits per heavy atom. The van der Waals surface area contributed by atoms with Crippen molar-refractivity contribution in [2.24, 2.45) is 0 Å². The molecule has 0 bridgehead atoms. The lowest BCUT2D eigenvalue weighted by molar-refractivity contribution is -0.142. The number of esters is 1. The summed E-state index contributed by atoms with van der Waals surface area (Å²) in [5.41, 5.74) is 1.48. The summed E-state index contributed by atoms with van der Waals surface area (Å²) in [6.45, 7) is 1.99. The molecular formula is C25H20BrNO5S2. The van der Waals surface area contributed by atoms with Gasteiger partial charge in [-0.1, -0.05) is 60.4 Å². The second-order valence-corrected chi connectivity index (χ2v) is 9.67. The number of hydrogen-bond donors (Lipinski definition) is 0. The lowest BCUT2D eigenvalue weighted by atomic mass is 10.1. The number of fused-ring (bicyclic) bond motifs is 1. The molecule has 1 fully saturated rings. The number of thiocarbonyl (C=S) groups is 1. The number of ether oxygens (including phenoxy) is 3. The molecule has 1 aliphatic rings. The molecule has 9 heteroatoms. The predicted octanol–water partition coefficient (Wildman–Crippen LogP) is 5.96. The Balaban J connectivity index is 1.67. The maximum Gasteiger partial charge on any atom is 0.343 e. The van der Waals surface area contributed by atoms with Gasteiger partial charge in [-0.2, -0.15) is 0 Å². The number of amides is 1. The molecule has 1 heterocycles. The number of anilines is 1. The summed E-state index contributed by atoms with van der Waals surface area (Å²) in [7, 11) is 1.29. The normalized spacial score (nSPS) is 14.7. The average molecular weight is 558 g/mol. The molecule has 1 aliphatic heterocycles. The van der Waals surface area contributed by atoms with Crippen LogP contribution >= 0.6 is 39.9 Å². The summed E-state index contributed by atoms with van der Waals surface area (Å²) in [4.78, 5) is 26.9. The largest absolute Gasteiger partial charge is 0.490 e. The van der Waals surface area contributed by atoms with Gasteiger partial charge >= 0.3 is 5.97 Å². The Labute approximate surface area is 215 Å². The van der Waals surface area contributed by atoms with E-state index >= 15 is 0 Å². The molecule has 3 aromatic rings. The molecular weight excluding hydrogens is 538 g/mol. The number of thioether (sulfide) groups is 1. The summed E-state index contributed by atoms with van der Waals surface area (Å²) in [6.07, 6.45) is 1.77. The summed E-state index contributed by atoms with van der Waals surface area (Å²) in [5, 5.41) is 1.99. The number of nitrogens with zero attached hydrogens (tertiary/aromatic N) is 1. The highest BCUT2D eigenvalue weighted by Crippen LogP contribution is 2.41. The highest BCUT2D eigenvalue weighted by Gasteiger charge is 2.34. The Kier molecular flexibility index (Phi) is 7.55. The van der Waals surface area contributed by atoms with Crippen molar-refractivity contribution in [3.05, 3.63) is 69.5 Å². The first-order chi connectivity index (χ1) is 16.4. The number of methoxy groups -OCH3 is 1. The lowest BCUT2D eigenvalue weighted by Crippen LogP contribution is -2.27. The first kappa shape index (κ1) is 24.3. The highest BCUT2D eigenvalue weighted by molar-refractivity contribution is 9.10. The summed E-state index contributed by atoms with van der Waals surface area (Å²) >= 11 is 10.3. The van der Waals surface area contributed by atoms with E-state index < -0.39 is 5.97 Å². The monoisotopic (exact) mass is 557 g/mol. The molecule has 3 aromatic carbocycles. The van der Waals surface area contributed by atoms with Gasteiger partial charge in [-0.05, 0) is 58.1 Å². The fourth-order valence-corrected chi connectivity index (χ4v) is 5.35. The van der Waals surface area contributed by atoms with E-state index in [1.54, 1.807) is 23.1 Å². The second-order valence-electron chi connectivity index (χ2n) is 7.14. The minimum absolute atomic E-state index is 0.188. The third-order valence-electron chi connectivity index (χ3n) is 4.99. The third-order valence-corrected chi connectivity index (χ3v) is 6.88. The van der Waals surface area contributed by atoms with E-state index in [0.29, 0.717) is 31.8 Å². The number of benzene rings is 3. The topological polar surface area (TPSA) is 65.1 Å². The van der Waals surface area contributed by atoms with Crippen LogP contribution in [0.1, 0.15) is 12.5 Å². The SMILES string of the molecule is CCOc1cc(/C=C2/SC(=S)N(c3cccc4ccccc34)C2=O)cc(Br)c1OCC(=O)OC. The van der Waals surface area contributed by atoms with Gasteiger partial charge in [-0.15, -0.1) is 0 Å². The molecule has 6 nitrogen and oxygen atoms in total. The van der Waals surface area contributed by atoms with Gasteiger partial charge in [-0.25, -0.2) is 4.79 Å². The Morgan fingerprint density at radius 1 is 1.15 bits per heavy atom. The van der Waals surface area contributed by atoms with Crippen molar-refractivity contribution in [2.75, 3.05) is 25.2 Å². The lowest BCUT2D eigenvalue weighted by Gasteiger charge is -2.17. The summed E-state index contributed by atoms with van der Waals surface area (Å²) in [6, 6.07) is 17.2. The van der Waals surface area contributed by atoms with Gasteiger partial charge in [-0.3, -0.25) is 9.69 Å². The van der Waals surface area contributed by atoms with Crippen LogP contribution in [0.5, 0.6) is 11.5 Å². The number of halogens is 1. The molecule has 174 valence electrons. The van der Waals surface area contributed by atoms with E-state index in [0.717, 1.165) is 22.0 Å². The highest BCUT2D eigenvalue weighted by atomic mass is 79.9. The maximum absolute atomic E-state index is 13.4. The van der Waals surface area contributed by atoms with Gasteiger partial charge in [0.15, 0.2) is 22.4 Å². The van der Waals surface area contributed by atoms with E-state index in [-0.39, 0.29) is 12.5 Å². The molecule has 4 rings (SSSR count). The molecule has 0 spiro atoms. The molecule has 0 aliphatic carbocycles. The zero-order valence-corrected chi connectivity index (χ0v) is 21.6. The van der Waals surface area contributed by atoms with Gasteiger partial charge in [0.25, 0.3) is 5.91 Å². The van der Waals surface area contributed by atoms with E-state index in [1.165, 1.54) is 18.9 Å². The maximum atomic E-state index is 13.4. The van der Waals surface area contributed by atoms with E-state index in [2.05, 4.69) is 20.7 Å². The van der Waals surface area contributed by atoms with Crippen LogP contribution in [0.15, 0.2) is 64.0 Å². The van der Waals surface area contributed by atoms with Crippen molar-refractivity contribution in [3.63, 3.8) is 0 Å². The van der Waals surface area contributed by atoms with Crippen molar-refractivity contribution in [1.82, 2.24) is 0 Å². The van der Waals surface area contributed by atoms with Gasteiger partial charge in [0, 0.05) is 5.39 Å². The van der Waals surface area contributed by atoms with Gasteiger partial charge in [0.05, 0.1) is 28.8 Å². The van der Waals surface area contributed by atoms with Crippen molar-refractivity contribution >= 4 is 78.6 Å². The van der Waals surface area contributed by atoms with E-state index in [4.69, 9.17) is 21.7 Å². The van der Waals surface area contributed by atoms with Gasteiger partial charge in [0.1, 0.15) is 0 Å². The smallest absolute Gasteiger partial charge is 0.343 e. The van der Waals surface area contributed by atoms with E-state index in [1.807, 2.05) is 49.4 Å². The molecule has 1 amide bonds. The summed E-state index contributed by atoms with van der Waals surface area (Å²) < 4.78 is 17.0. The predicted molar refractivity (Wildman–Crippen MR) is 142 cm³/mol. The molecule has 0 aromatic heterocycles. The molecule has 0 unspecified atom stereocenters. The van der Waals surface area contributed by atoms with Gasteiger partial charge < -0.3 is 14.2 Å². The molecule has 34 heavy (non-hydrogen) atoms. The molecule has 0 saturated carbocycles. The van der Waals surface area contributed by atoms with Crippen LogP contribution in [-0.4, -0.2) is 36.5 Å². The van der Waals surface area contributed by atoms with Crippen LogP contribution in [0.2, 0.25) is 0 Å². The average Bonchev–Trinajstić information content (AvgIpc) is 3.10. The number of rotatable bonds is 7. The number of carbonyl (C=O) groups excluding carboxylic acids is 2. The minimum Gasteiger partial charge on any atom is -0.490 e. The molecule has 0 N–H and O–H groups in total. The number of carbonyl (C=O) groups is 2. The van der Waals surface area contributed by atoms with Gasteiger partial charge in [0.2, 0.25) is 0 Å². The zero-order valence-electron chi connectivity index (χ0n) is 18.4. The third kappa shape index (κ3) is 4.96.